The third-order valence-electron chi connectivity index (χ3n) is 3.62. The Morgan fingerprint density at radius 2 is 2.15 bits per heavy atom. The van der Waals surface area contributed by atoms with Crippen molar-refractivity contribution in [1.82, 2.24) is 4.31 Å². The van der Waals surface area contributed by atoms with Gasteiger partial charge in [-0.3, -0.25) is 0 Å². The summed E-state index contributed by atoms with van der Waals surface area (Å²) in [6.45, 7) is 0.551. The van der Waals surface area contributed by atoms with E-state index in [0.29, 0.717) is 19.4 Å². The lowest BCUT2D eigenvalue weighted by atomic mass is 10.1. The van der Waals surface area contributed by atoms with Crippen LogP contribution in [-0.4, -0.2) is 42.1 Å². The van der Waals surface area contributed by atoms with Gasteiger partial charge < -0.3 is 15.9 Å². The number of sulfonamides is 1. The Hall–Kier alpha value is -1.31. The van der Waals surface area contributed by atoms with Crippen molar-refractivity contribution in [1.29, 1.82) is 0 Å². The summed E-state index contributed by atoms with van der Waals surface area (Å²) in [5.74, 6) is -0.123. The minimum Gasteiger partial charge on any atom is -0.506 e. The molecule has 6 nitrogen and oxygen atoms in total. The molecule has 0 radical (unpaired) electrons. The average Bonchev–Trinajstić information content (AvgIpc) is 2.88. The number of anilines is 1. The summed E-state index contributed by atoms with van der Waals surface area (Å²) in [5, 5.41) is 18.3. The zero-order chi connectivity index (χ0) is 14.8. The molecule has 0 aliphatic carbocycles. The number of phenols is 1. The van der Waals surface area contributed by atoms with Gasteiger partial charge in [-0.05, 0) is 43.9 Å². The monoisotopic (exact) mass is 300 g/mol. The first kappa shape index (κ1) is 15.1. The molecule has 1 atom stereocenters. The number of phenolic OH excluding ortho intramolecular Hbond substituents is 1. The van der Waals surface area contributed by atoms with Crippen LogP contribution in [0.1, 0.15) is 25.7 Å². The second kappa shape index (κ2) is 5.99. The largest absolute Gasteiger partial charge is 0.506 e. The molecular weight excluding hydrogens is 280 g/mol. The van der Waals surface area contributed by atoms with E-state index in [2.05, 4.69) is 0 Å². The maximum absolute atomic E-state index is 12.6. The number of aliphatic hydroxyl groups excluding tert-OH is 1. The Morgan fingerprint density at radius 1 is 1.40 bits per heavy atom. The van der Waals surface area contributed by atoms with Gasteiger partial charge in [-0.25, -0.2) is 8.42 Å². The summed E-state index contributed by atoms with van der Waals surface area (Å²) < 4.78 is 26.7. The van der Waals surface area contributed by atoms with Crippen LogP contribution < -0.4 is 5.73 Å². The van der Waals surface area contributed by atoms with Gasteiger partial charge in [-0.15, -0.1) is 0 Å². The molecule has 1 aliphatic heterocycles. The fourth-order valence-electron chi connectivity index (χ4n) is 2.57. The maximum atomic E-state index is 12.6. The lowest BCUT2D eigenvalue weighted by Gasteiger charge is -2.24. The zero-order valence-electron chi connectivity index (χ0n) is 11.2. The van der Waals surface area contributed by atoms with E-state index in [1.807, 2.05) is 0 Å². The molecule has 2 rings (SSSR count). The lowest BCUT2D eigenvalue weighted by Crippen LogP contribution is -2.35. The quantitative estimate of drug-likeness (QED) is 0.553. The van der Waals surface area contributed by atoms with E-state index in [0.717, 1.165) is 12.8 Å². The van der Waals surface area contributed by atoms with E-state index < -0.39 is 10.0 Å². The molecule has 1 unspecified atom stereocenters. The Morgan fingerprint density at radius 3 is 2.80 bits per heavy atom. The molecule has 0 spiro atoms. The standard InChI is InChI=1S/C13H20N2O4S/c14-12-9-11(5-6-13(12)17)20(18,19)15-7-1-3-10(15)4-2-8-16/h5-6,9-10,16-17H,1-4,7-8,14H2. The molecule has 1 heterocycles. The van der Waals surface area contributed by atoms with Crippen LogP contribution in [0.2, 0.25) is 0 Å². The summed E-state index contributed by atoms with van der Waals surface area (Å²) >= 11 is 0. The Balaban J connectivity index is 2.26. The van der Waals surface area contributed by atoms with Gasteiger partial charge in [0.2, 0.25) is 10.0 Å². The molecule has 1 aliphatic rings. The van der Waals surface area contributed by atoms with Crippen molar-refractivity contribution in [2.75, 3.05) is 18.9 Å². The normalized spacial score (nSPS) is 20.4. The molecule has 1 aromatic carbocycles. The Bertz CT molecular complexity index is 574. The van der Waals surface area contributed by atoms with Crippen molar-refractivity contribution in [3.8, 4) is 5.75 Å². The fourth-order valence-corrected chi connectivity index (χ4v) is 4.33. The van der Waals surface area contributed by atoms with E-state index in [9.17, 15) is 13.5 Å². The minimum absolute atomic E-state index is 0.0529. The average molecular weight is 300 g/mol. The van der Waals surface area contributed by atoms with Gasteiger partial charge in [0.05, 0.1) is 10.6 Å². The van der Waals surface area contributed by atoms with Crippen LogP contribution in [0.25, 0.3) is 0 Å². The van der Waals surface area contributed by atoms with Crippen LogP contribution in [-0.2, 0) is 10.0 Å². The summed E-state index contributed by atoms with van der Waals surface area (Å²) in [5.41, 5.74) is 5.62. The smallest absolute Gasteiger partial charge is 0.243 e. The molecule has 1 aromatic rings. The van der Waals surface area contributed by atoms with Gasteiger partial charge in [-0.2, -0.15) is 4.31 Å². The highest BCUT2D eigenvalue weighted by Gasteiger charge is 2.34. The van der Waals surface area contributed by atoms with Crippen molar-refractivity contribution in [2.24, 2.45) is 0 Å². The highest BCUT2D eigenvalue weighted by molar-refractivity contribution is 7.89. The molecule has 0 saturated carbocycles. The second-order valence-corrected chi connectivity index (χ2v) is 6.89. The van der Waals surface area contributed by atoms with Crippen LogP contribution in [0.3, 0.4) is 0 Å². The van der Waals surface area contributed by atoms with E-state index in [1.165, 1.54) is 22.5 Å². The summed E-state index contributed by atoms with van der Waals surface area (Å²) in [6, 6.07) is 3.87. The molecule has 112 valence electrons. The number of hydrogen-bond donors (Lipinski definition) is 3. The van der Waals surface area contributed by atoms with Gasteiger partial charge in [0.1, 0.15) is 5.75 Å². The van der Waals surface area contributed by atoms with Crippen LogP contribution in [0, 0.1) is 0 Å². The van der Waals surface area contributed by atoms with Crippen LogP contribution in [0.15, 0.2) is 23.1 Å². The van der Waals surface area contributed by atoms with Crippen molar-refractivity contribution >= 4 is 15.7 Å². The first-order valence-corrected chi connectivity index (χ1v) is 8.12. The number of nitrogens with zero attached hydrogens (tertiary/aromatic N) is 1. The lowest BCUT2D eigenvalue weighted by molar-refractivity contribution is 0.264. The molecule has 20 heavy (non-hydrogen) atoms. The molecule has 0 amide bonds. The molecule has 1 saturated heterocycles. The summed E-state index contributed by atoms with van der Waals surface area (Å²) in [7, 11) is -3.60. The molecule has 4 N–H and O–H groups in total. The van der Waals surface area contributed by atoms with E-state index in [4.69, 9.17) is 10.8 Å². The predicted octanol–water partition coefficient (Wildman–Crippen LogP) is 0.900. The topological polar surface area (TPSA) is 104 Å². The highest BCUT2D eigenvalue weighted by atomic mass is 32.2. The third-order valence-corrected chi connectivity index (χ3v) is 5.57. The molecule has 1 fully saturated rings. The number of aliphatic hydroxyl groups is 1. The molecular formula is C13H20N2O4S. The molecule has 0 bridgehead atoms. The van der Waals surface area contributed by atoms with Gasteiger partial charge in [0, 0.05) is 19.2 Å². The number of nitrogens with two attached hydrogens (primary N) is 1. The maximum Gasteiger partial charge on any atom is 0.243 e. The number of aromatic hydroxyl groups is 1. The Kier molecular flexibility index (Phi) is 4.52. The Labute approximate surface area is 118 Å². The minimum atomic E-state index is -3.60. The number of benzene rings is 1. The van der Waals surface area contributed by atoms with Crippen molar-refractivity contribution in [2.45, 2.75) is 36.6 Å². The first-order valence-electron chi connectivity index (χ1n) is 6.68. The number of hydrogen-bond acceptors (Lipinski definition) is 5. The van der Waals surface area contributed by atoms with Gasteiger partial charge in [0.15, 0.2) is 0 Å². The van der Waals surface area contributed by atoms with Crippen LogP contribution in [0.5, 0.6) is 5.75 Å². The first-order chi connectivity index (χ1) is 9.46. The van der Waals surface area contributed by atoms with Crippen LogP contribution in [0.4, 0.5) is 5.69 Å². The zero-order valence-corrected chi connectivity index (χ0v) is 12.0. The summed E-state index contributed by atoms with van der Waals surface area (Å²) in [6.07, 6.45) is 2.88. The third kappa shape index (κ3) is 2.89. The van der Waals surface area contributed by atoms with Crippen LogP contribution >= 0.6 is 0 Å². The molecule has 7 heteroatoms. The second-order valence-electron chi connectivity index (χ2n) is 5.00. The highest BCUT2D eigenvalue weighted by Crippen LogP contribution is 2.31. The fraction of sp³-hybridized carbons (Fsp3) is 0.538. The van der Waals surface area contributed by atoms with E-state index in [-0.39, 0.29) is 29.0 Å². The van der Waals surface area contributed by atoms with Crippen molar-refractivity contribution < 1.29 is 18.6 Å². The molecule has 0 aromatic heterocycles. The van der Waals surface area contributed by atoms with Crippen molar-refractivity contribution in [3.05, 3.63) is 18.2 Å². The van der Waals surface area contributed by atoms with Gasteiger partial charge in [0.25, 0.3) is 0 Å². The predicted molar refractivity (Wildman–Crippen MR) is 75.8 cm³/mol. The van der Waals surface area contributed by atoms with E-state index >= 15 is 0 Å². The number of rotatable bonds is 5. The van der Waals surface area contributed by atoms with Gasteiger partial charge in [-0.1, -0.05) is 0 Å². The van der Waals surface area contributed by atoms with Crippen molar-refractivity contribution in [3.63, 3.8) is 0 Å². The number of nitrogen functional groups attached to an aromatic ring is 1. The van der Waals surface area contributed by atoms with Gasteiger partial charge >= 0.3 is 0 Å². The summed E-state index contributed by atoms with van der Waals surface area (Å²) in [4.78, 5) is 0.101. The van der Waals surface area contributed by atoms with E-state index in [1.54, 1.807) is 0 Å². The SMILES string of the molecule is Nc1cc(S(=O)(=O)N2CCCC2CCCO)ccc1O.